The summed E-state index contributed by atoms with van der Waals surface area (Å²) in [6.07, 6.45) is 0.973. The highest BCUT2D eigenvalue weighted by atomic mass is 32.2. The lowest BCUT2D eigenvalue weighted by atomic mass is 10.1. The lowest BCUT2D eigenvalue weighted by molar-refractivity contribution is 0.0665. The number of rotatable bonds is 7. The number of benzene rings is 1. The first-order valence-electron chi connectivity index (χ1n) is 8.61. The average molecular weight is 355 g/mol. The number of ether oxygens (including phenoxy) is 1. The Labute approximate surface area is 146 Å². The second kappa shape index (κ2) is 8.43. The maximum atomic E-state index is 12.8. The molecule has 0 aromatic heterocycles. The van der Waals surface area contributed by atoms with Gasteiger partial charge in [0.1, 0.15) is 0 Å². The predicted molar refractivity (Wildman–Crippen MR) is 97.5 cm³/mol. The first kappa shape index (κ1) is 19.4. The van der Waals surface area contributed by atoms with Crippen LogP contribution in [0.25, 0.3) is 0 Å². The summed E-state index contributed by atoms with van der Waals surface area (Å²) < 4.78 is 32.4. The highest BCUT2D eigenvalue weighted by molar-refractivity contribution is 7.88. The van der Waals surface area contributed by atoms with Crippen molar-refractivity contribution in [2.45, 2.75) is 45.0 Å². The molecule has 136 valence electrons. The minimum Gasteiger partial charge on any atom is -0.385 e. The third-order valence-electron chi connectivity index (χ3n) is 4.66. The second-order valence-electron chi connectivity index (χ2n) is 6.84. The molecule has 0 aliphatic carbocycles. The third-order valence-corrected chi connectivity index (χ3v) is 6.44. The van der Waals surface area contributed by atoms with E-state index in [1.807, 2.05) is 31.2 Å². The van der Waals surface area contributed by atoms with Gasteiger partial charge in [-0.25, -0.2) is 8.42 Å². The minimum atomic E-state index is -3.29. The molecule has 1 saturated heterocycles. The Kier molecular flexibility index (Phi) is 6.80. The summed E-state index contributed by atoms with van der Waals surface area (Å²) in [6.45, 7) is 9.01. The Morgan fingerprint density at radius 2 is 1.88 bits per heavy atom. The fourth-order valence-corrected chi connectivity index (χ4v) is 5.14. The Bertz CT molecular complexity index is 621. The average Bonchev–Trinajstić information content (AvgIpc) is 2.49. The van der Waals surface area contributed by atoms with Gasteiger partial charge in [0.05, 0.1) is 5.75 Å². The van der Waals surface area contributed by atoms with E-state index >= 15 is 0 Å². The number of hydrogen-bond donors (Lipinski definition) is 0. The summed E-state index contributed by atoms with van der Waals surface area (Å²) >= 11 is 0. The van der Waals surface area contributed by atoms with Crippen LogP contribution < -0.4 is 0 Å². The molecule has 2 rings (SSSR count). The van der Waals surface area contributed by atoms with Gasteiger partial charge >= 0.3 is 0 Å². The molecule has 24 heavy (non-hydrogen) atoms. The van der Waals surface area contributed by atoms with Crippen molar-refractivity contribution in [1.29, 1.82) is 0 Å². The van der Waals surface area contributed by atoms with Crippen molar-refractivity contribution in [3.8, 4) is 0 Å². The molecule has 6 heteroatoms. The van der Waals surface area contributed by atoms with Crippen molar-refractivity contribution in [2.24, 2.45) is 0 Å². The van der Waals surface area contributed by atoms with Gasteiger partial charge in [-0.3, -0.25) is 4.90 Å². The van der Waals surface area contributed by atoms with Crippen LogP contribution in [0.2, 0.25) is 0 Å². The van der Waals surface area contributed by atoms with Crippen LogP contribution in [-0.2, 0) is 20.5 Å². The quantitative estimate of drug-likeness (QED) is 0.705. The molecule has 1 heterocycles. The van der Waals surface area contributed by atoms with E-state index in [2.05, 4.69) is 18.7 Å². The van der Waals surface area contributed by atoms with Gasteiger partial charge in [0.15, 0.2) is 0 Å². The van der Waals surface area contributed by atoms with Crippen molar-refractivity contribution in [2.75, 3.05) is 33.4 Å². The molecule has 1 aliphatic rings. The molecule has 1 fully saturated rings. The zero-order valence-electron chi connectivity index (χ0n) is 15.2. The zero-order valence-corrected chi connectivity index (χ0v) is 16.1. The number of methoxy groups -OCH3 is 1. The molecule has 0 saturated carbocycles. The largest absolute Gasteiger partial charge is 0.385 e. The molecular weight excluding hydrogens is 324 g/mol. The van der Waals surface area contributed by atoms with Gasteiger partial charge < -0.3 is 4.74 Å². The summed E-state index contributed by atoms with van der Waals surface area (Å²) in [5.74, 6) is 0.0811. The van der Waals surface area contributed by atoms with E-state index in [0.717, 1.165) is 30.7 Å². The van der Waals surface area contributed by atoms with Crippen molar-refractivity contribution in [1.82, 2.24) is 9.21 Å². The van der Waals surface area contributed by atoms with Gasteiger partial charge in [0.25, 0.3) is 0 Å². The summed E-state index contributed by atoms with van der Waals surface area (Å²) in [6, 6.07) is 8.18. The van der Waals surface area contributed by atoms with Gasteiger partial charge in [-0.2, -0.15) is 4.31 Å². The van der Waals surface area contributed by atoms with E-state index in [9.17, 15) is 8.42 Å². The Morgan fingerprint density at radius 1 is 1.21 bits per heavy atom. The van der Waals surface area contributed by atoms with Gasteiger partial charge in [-0.1, -0.05) is 29.8 Å². The van der Waals surface area contributed by atoms with Crippen molar-refractivity contribution < 1.29 is 13.2 Å². The molecule has 1 aromatic carbocycles. The topological polar surface area (TPSA) is 49.9 Å². The molecule has 0 bridgehead atoms. The van der Waals surface area contributed by atoms with Crippen molar-refractivity contribution >= 4 is 10.0 Å². The summed E-state index contributed by atoms with van der Waals surface area (Å²) in [5, 5.41) is 0. The van der Waals surface area contributed by atoms with E-state index < -0.39 is 10.0 Å². The Hall–Kier alpha value is -0.950. The summed E-state index contributed by atoms with van der Waals surface area (Å²) in [7, 11) is -1.57. The number of piperazine rings is 1. The minimum absolute atomic E-state index is 0.0811. The van der Waals surface area contributed by atoms with Crippen LogP contribution in [0.1, 0.15) is 31.4 Å². The maximum absolute atomic E-state index is 12.8. The first-order valence-corrected chi connectivity index (χ1v) is 10.2. The van der Waals surface area contributed by atoms with Crippen LogP contribution in [0, 0.1) is 6.92 Å². The number of sulfonamides is 1. The molecule has 5 nitrogen and oxygen atoms in total. The maximum Gasteiger partial charge on any atom is 0.218 e. The highest BCUT2D eigenvalue weighted by Crippen LogP contribution is 2.21. The molecule has 0 radical (unpaired) electrons. The van der Waals surface area contributed by atoms with Gasteiger partial charge in [0, 0.05) is 45.4 Å². The molecule has 1 aliphatic heterocycles. The Morgan fingerprint density at radius 3 is 2.46 bits per heavy atom. The van der Waals surface area contributed by atoms with Gasteiger partial charge in [-0.05, 0) is 32.8 Å². The van der Waals surface area contributed by atoms with Crippen molar-refractivity contribution in [3.63, 3.8) is 0 Å². The van der Waals surface area contributed by atoms with Gasteiger partial charge in [-0.15, -0.1) is 0 Å². The van der Waals surface area contributed by atoms with Crippen molar-refractivity contribution in [3.05, 3.63) is 35.4 Å². The summed E-state index contributed by atoms with van der Waals surface area (Å²) in [5.41, 5.74) is 1.95. The second-order valence-corrected chi connectivity index (χ2v) is 8.81. The predicted octanol–water partition coefficient (Wildman–Crippen LogP) is 2.26. The normalized spacial score (nSPS) is 23.5. The third kappa shape index (κ3) is 5.02. The monoisotopic (exact) mass is 354 g/mol. The number of nitrogens with zero attached hydrogens (tertiary/aromatic N) is 2. The SMILES string of the molecule is COCCCN1C(C)CN(S(=O)(=O)Cc2cccc(C)c2)CC1C. The van der Waals surface area contributed by atoms with E-state index in [4.69, 9.17) is 4.74 Å². The van der Waals surface area contributed by atoms with Crippen LogP contribution in [0.4, 0.5) is 0 Å². The molecule has 2 atom stereocenters. The zero-order chi connectivity index (χ0) is 17.7. The fourth-order valence-electron chi connectivity index (χ4n) is 3.47. The van der Waals surface area contributed by atoms with E-state index in [-0.39, 0.29) is 17.8 Å². The van der Waals surface area contributed by atoms with Crippen LogP contribution in [0.5, 0.6) is 0 Å². The first-order chi connectivity index (χ1) is 11.3. The van der Waals surface area contributed by atoms with Gasteiger partial charge in [0.2, 0.25) is 10.0 Å². The standard InChI is InChI=1S/C18H30N2O3S/c1-15-7-5-8-18(11-15)14-24(21,22)19-12-16(2)20(17(3)13-19)9-6-10-23-4/h5,7-8,11,16-17H,6,9-10,12-14H2,1-4H3. The van der Waals surface area contributed by atoms with E-state index in [0.29, 0.717) is 13.1 Å². The Balaban J connectivity index is 2.02. The van der Waals surface area contributed by atoms with Crippen LogP contribution in [-0.4, -0.2) is 63.1 Å². The van der Waals surface area contributed by atoms with Crippen LogP contribution in [0.3, 0.4) is 0 Å². The molecule has 1 aromatic rings. The van der Waals surface area contributed by atoms with Crippen LogP contribution >= 0.6 is 0 Å². The number of aryl methyl sites for hydroxylation is 1. The van der Waals surface area contributed by atoms with E-state index in [1.165, 1.54) is 0 Å². The highest BCUT2D eigenvalue weighted by Gasteiger charge is 2.34. The molecule has 0 amide bonds. The molecular formula is C18H30N2O3S. The molecule has 2 unspecified atom stereocenters. The lowest BCUT2D eigenvalue weighted by Gasteiger charge is -2.43. The van der Waals surface area contributed by atoms with E-state index in [1.54, 1.807) is 11.4 Å². The molecule has 0 N–H and O–H groups in total. The molecule has 0 spiro atoms. The number of hydrogen-bond acceptors (Lipinski definition) is 4. The smallest absolute Gasteiger partial charge is 0.218 e. The lowest BCUT2D eigenvalue weighted by Crippen LogP contribution is -2.58. The fraction of sp³-hybridized carbons (Fsp3) is 0.667. The van der Waals surface area contributed by atoms with Crippen LogP contribution in [0.15, 0.2) is 24.3 Å². The summed E-state index contributed by atoms with van der Waals surface area (Å²) in [4.78, 5) is 2.39.